The van der Waals surface area contributed by atoms with Crippen molar-refractivity contribution in [1.29, 1.82) is 0 Å². The molecule has 2 aromatic carbocycles. The molecular weight excluding hydrogens is 514 g/mol. The zero-order valence-corrected chi connectivity index (χ0v) is 22.9. The van der Waals surface area contributed by atoms with Crippen LogP contribution in [0.5, 0.6) is 0 Å². The van der Waals surface area contributed by atoms with Gasteiger partial charge in [0, 0.05) is 43.6 Å². The summed E-state index contributed by atoms with van der Waals surface area (Å²) in [5.74, 6) is -0.985. The second-order valence-electron chi connectivity index (χ2n) is 9.43. The van der Waals surface area contributed by atoms with Crippen LogP contribution >= 0.6 is 0 Å². The number of nitrogen functional groups attached to an aromatic ring is 1. The van der Waals surface area contributed by atoms with Gasteiger partial charge in [0.1, 0.15) is 0 Å². The maximum Gasteiger partial charge on any atom is 0.290 e. The van der Waals surface area contributed by atoms with E-state index in [1.54, 1.807) is 34.9 Å². The van der Waals surface area contributed by atoms with Crippen LogP contribution in [0.15, 0.2) is 66.6 Å². The molecule has 0 fully saturated rings. The maximum absolute atomic E-state index is 13.4. The summed E-state index contributed by atoms with van der Waals surface area (Å²) in [6.45, 7) is 5.14. The highest BCUT2D eigenvalue weighted by Gasteiger charge is 2.39. The third-order valence-corrected chi connectivity index (χ3v) is 6.79. The van der Waals surface area contributed by atoms with E-state index in [4.69, 9.17) is 29.8 Å². The fourth-order valence-electron chi connectivity index (χ4n) is 4.93. The number of carbonyl (C=O) groups excluding carboxylic acids is 2. The van der Waals surface area contributed by atoms with Crippen molar-refractivity contribution < 1.29 is 33.6 Å². The minimum atomic E-state index is -0.734. The number of hydrogen-bond acceptors (Lipinski definition) is 8. The SMILES string of the molecule is CCOC1OC(C(=O)Nc2ccccc2N)=CC(c2cn(C(C)=O)c3ccccc23)C1CCOCCOCCO. The molecule has 4 rings (SSSR count). The molecule has 1 amide bonds. The molecular formula is C30H37N3O7. The van der Waals surface area contributed by atoms with E-state index in [0.717, 1.165) is 16.5 Å². The second-order valence-corrected chi connectivity index (χ2v) is 9.43. The molecule has 0 radical (unpaired) electrons. The number of hydrogen-bond donors (Lipinski definition) is 3. The van der Waals surface area contributed by atoms with Gasteiger partial charge in [-0.15, -0.1) is 0 Å². The number of para-hydroxylation sites is 3. The molecule has 10 heteroatoms. The summed E-state index contributed by atoms with van der Waals surface area (Å²) in [5.41, 5.74) is 8.64. The number of rotatable bonds is 13. The summed E-state index contributed by atoms with van der Waals surface area (Å²) in [6, 6.07) is 14.7. The molecule has 3 atom stereocenters. The number of nitrogens with zero attached hydrogens (tertiary/aromatic N) is 1. The van der Waals surface area contributed by atoms with Crippen molar-refractivity contribution in [3.8, 4) is 0 Å². The number of amides is 1. The average Bonchev–Trinajstić information content (AvgIpc) is 3.34. The van der Waals surface area contributed by atoms with Gasteiger partial charge in [-0.2, -0.15) is 0 Å². The molecule has 3 unspecified atom stereocenters. The normalized spacial score (nSPS) is 18.8. The quantitative estimate of drug-likeness (QED) is 0.215. The molecule has 0 spiro atoms. The Morgan fingerprint density at radius 3 is 2.50 bits per heavy atom. The number of aliphatic hydroxyl groups is 1. The Bertz CT molecular complexity index is 1340. The molecule has 1 aliphatic rings. The molecule has 1 aromatic heterocycles. The monoisotopic (exact) mass is 551 g/mol. The smallest absolute Gasteiger partial charge is 0.290 e. The van der Waals surface area contributed by atoms with Crippen molar-refractivity contribution in [2.24, 2.45) is 5.92 Å². The molecule has 2 heterocycles. The van der Waals surface area contributed by atoms with Gasteiger partial charge in [0.25, 0.3) is 5.91 Å². The summed E-state index contributed by atoms with van der Waals surface area (Å²) < 4.78 is 24.9. The third-order valence-electron chi connectivity index (χ3n) is 6.79. The summed E-state index contributed by atoms with van der Waals surface area (Å²) in [4.78, 5) is 25.9. The van der Waals surface area contributed by atoms with E-state index >= 15 is 0 Å². The molecule has 40 heavy (non-hydrogen) atoms. The number of ether oxygens (including phenoxy) is 4. The van der Waals surface area contributed by atoms with Gasteiger partial charge in [-0.25, -0.2) is 0 Å². The van der Waals surface area contributed by atoms with Gasteiger partial charge in [0.2, 0.25) is 12.2 Å². The lowest BCUT2D eigenvalue weighted by molar-refractivity contribution is -0.166. The van der Waals surface area contributed by atoms with Crippen molar-refractivity contribution in [2.75, 3.05) is 50.7 Å². The predicted molar refractivity (Wildman–Crippen MR) is 152 cm³/mol. The highest BCUT2D eigenvalue weighted by molar-refractivity contribution is 6.04. The van der Waals surface area contributed by atoms with E-state index in [2.05, 4.69) is 5.32 Å². The Morgan fingerprint density at radius 1 is 1.05 bits per heavy atom. The maximum atomic E-state index is 13.4. The minimum Gasteiger partial charge on any atom is -0.459 e. The molecule has 4 N–H and O–H groups in total. The van der Waals surface area contributed by atoms with Crippen molar-refractivity contribution >= 4 is 34.1 Å². The van der Waals surface area contributed by atoms with Crippen LogP contribution in [0.4, 0.5) is 11.4 Å². The van der Waals surface area contributed by atoms with E-state index in [-0.39, 0.29) is 36.7 Å². The van der Waals surface area contributed by atoms with Crippen LogP contribution in [0, 0.1) is 5.92 Å². The Balaban J connectivity index is 1.68. The zero-order valence-electron chi connectivity index (χ0n) is 22.9. The second kappa shape index (κ2) is 14.1. The van der Waals surface area contributed by atoms with E-state index in [0.29, 0.717) is 44.2 Å². The number of allylic oxidation sites excluding steroid dienone is 1. The summed E-state index contributed by atoms with van der Waals surface area (Å²) in [7, 11) is 0. The lowest BCUT2D eigenvalue weighted by Crippen LogP contribution is -2.38. The number of nitrogens with one attached hydrogen (secondary N) is 1. The van der Waals surface area contributed by atoms with Crippen LogP contribution in [0.25, 0.3) is 10.9 Å². The number of benzene rings is 2. The van der Waals surface area contributed by atoms with Gasteiger partial charge in [-0.1, -0.05) is 30.3 Å². The fraction of sp³-hybridized carbons (Fsp3) is 0.400. The molecule has 0 aliphatic carbocycles. The number of aromatic nitrogens is 1. The number of aliphatic hydroxyl groups excluding tert-OH is 1. The van der Waals surface area contributed by atoms with Crippen molar-refractivity contribution in [3.63, 3.8) is 0 Å². The minimum absolute atomic E-state index is 0.0376. The summed E-state index contributed by atoms with van der Waals surface area (Å²) in [5, 5.41) is 12.6. The number of carbonyl (C=O) groups is 2. The standard InChI is InChI=1S/C30H37N3O7/c1-3-39-30-22(12-14-37-16-17-38-15-13-34)23(24-19-33(20(2)35)27-11-7-4-8-21(24)27)18-28(40-30)29(36)32-26-10-6-5-9-25(26)31/h4-11,18-19,22-23,30,34H,3,12-17,31H2,1-2H3,(H,32,36). The topological polar surface area (TPSA) is 134 Å². The molecule has 1 aliphatic heterocycles. The summed E-state index contributed by atoms with van der Waals surface area (Å²) >= 11 is 0. The lowest BCUT2D eigenvalue weighted by atomic mass is 9.81. The number of fused-ring (bicyclic) bond motifs is 1. The van der Waals surface area contributed by atoms with Crippen LogP contribution in [0.2, 0.25) is 0 Å². The first kappa shape index (κ1) is 29.3. The van der Waals surface area contributed by atoms with Gasteiger partial charge >= 0.3 is 0 Å². The highest BCUT2D eigenvalue weighted by atomic mass is 16.7. The molecule has 0 saturated carbocycles. The number of nitrogens with two attached hydrogens (primary N) is 1. The molecule has 0 saturated heterocycles. The Kier molecular flexibility index (Phi) is 10.3. The van der Waals surface area contributed by atoms with Crippen LogP contribution in [-0.4, -0.2) is 67.4 Å². The van der Waals surface area contributed by atoms with Crippen LogP contribution in [-0.2, 0) is 23.7 Å². The van der Waals surface area contributed by atoms with Gasteiger partial charge in [-0.3, -0.25) is 14.2 Å². The Hall–Kier alpha value is -3.70. The van der Waals surface area contributed by atoms with Crippen molar-refractivity contribution in [2.45, 2.75) is 32.5 Å². The van der Waals surface area contributed by atoms with Crippen LogP contribution in [0.3, 0.4) is 0 Å². The van der Waals surface area contributed by atoms with E-state index in [9.17, 15) is 9.59 Å². The van der Waals surface area contributed by atoms with E-state index < -0.39 is 12.2 Å². The van der Waals surface area contributed by atoms with Gasteiger partial charge < -0.3 is 35.1 Å². The molecule has 10 nitrogen and oxygen atoms in total. The predicted octanol–water partition coefficient (Wildman–Crippen LogP) is 3.91. The molecule has 214 valence electrons. The largest absolute Gasteiger partial charge is 0.459 e. The third kappa shape index (κ3) is 6.89. The van der Waals surface area contributed by atoms with Crippen molar-refractivity contribution in [3.05, 3.63) is 72.1 Å². The Labute approximate surface area is 233 Å². The molecule has 3 aromatic rings. The average molecular weight is 552 g/mol. The molecule has 0 bridgehead atoms. The lowest BCUT2D eigenvalue weighted by Gasteiger charge is -2.36. The van der Waals surface area contributed by atoms with Crippen LogP contribution in [0.1, 0.15) is 36.5 Å². The first-order chi connectivity index (χ1) is 19.4. The van der Waals surface area contributed by atoms with Gasteiger partial charge in [-0.05, 0) is 43.2 Å². The van der Waals surface area contributed by atoms with Gasteiger partial charge in [0.15, 0.2) is 5.76 Å². The van der Waals surface area contributed by atoms with Gasteiger partial charge in [0.05, 0.1) is 43.3 Å². The highest BCUT2D eigenvalue weighted by Crippen LogP contribution is 2.42. The summed E-state index contributed by atoms with van der Waals surface area (Å²) in [6.07, 6.45) is 3.46. The Morgan fingerprint density at radius 2 is 1.77 bits per heavy atom. The van der Waals surface area contributed by atoms with E-state index in [1.165, 1.54) is 6.92 Å². The number of anilines is 2. The van der Waals surface area contributed by atoms with E-state index in [1.807, 2.05) is 37.4 Å². The first-order valence-electron chi connectivity index (χ1n) is 13.5. The van der Waals surface area contributed by atoms with Crippen molar-refractivity contribution in [1.82, 2.24) is 4.57 Å². The fourth-order valence-corrected chi connectivity index (χ4v) is 4.93. The zero-order chi connectivity index (χ0) is 28.5. The first-order valence-corrected chi connectivity index (χ1v) is 13.5. The van der Waals surface area contributed by atoms with Crippen LogP contribution < -0.4 is 11.1 Å².